The highest BCUT2D eigenvalue weighted by atomic mass is 35.5. The zero-order chi connectivity index (χ0) is 10.4. The summed E-state index contributed by atoms with van der Waals surface area (Å²) in [5.41, 5.74) is 1.15. The van der Waals surface area contributed by atoms with Crippen LogP contribution in [-0.4, -0.2) is 28.1 Å². The molecule has 5 heteroatoms. The van der Waals surface area contributed by atoms with Crippen molar-refractivity contribution in [2.45, 2.75) is 19.9 Å². The van der Waals surface area contributed by atoms with Crippen LogP contribution in [0, 0.1) is 6.92 Å². The molecule has 0 saturated carbocycles. The van der Waals surface area contributed by atoms with E-state index in [0.29, 0.717) is 6.54 Å². The van der Waals surface area contributed by atoms with Crippen molar-refractivity contribution >= 4 is 17.5 Å². The second-order valence-electron chi connectivity index (χ2n) is 3.12. The molecule has 0 aromatic carbocycles. The number of amides is 1. The van der Waals surface area contributed by atoms with E-state index < -0.39 is 0 Å². The van der Waals surface area contributed by atoms with Gasteiger partial charge in [-0.1, -0.05) is 0 Å². The van der Waals surface area contributed by atoms with Crippen molar-refractivity contribution in [1.29, 1.82) is 0 Å². The molecule has 1 rings (SSSR count). The Balaban J connectivity index is 2.13. The summed E-state index contributed by atoms with van der Waals surface area (Å²) in [5.74, 6) is -0.0933. The molecule has 0 radical (unpaired) electrons. The zero-order valence-corrected chi connectivity index (χ0v) is 8.92. The van der Waals surface area contributed by atoms with Gasteiger partial charge in [0, 0.05) is 19.3 Å². The molecular formula is C9H14ClN3O. The van der Waals surface area contributed by atoms with Gasteiger partial charge in [-0.2, -0.15) is 5.10 Å². The van der Waals surface area contributed by atoms with Crippen LogP contribution in [-0.2, 0) is 11.3 Å². The van der Waals surface area contributed by atoms with Gasteiger partial charge in [0.1, 0.15) is 5.88 Å². The number of aromatic nitrogens is 2. The van der Waals surface area contributed by atoms with Crippen LogP contribution in [0.3, 0.4) is 0 Å². The number of alkyl halides is 1. The van der Waals surface area contributed by atoms with Gasteiger partial charge >= 0.3 is 0 Å². The first-order chi connectivity index (χ1) is 6.72. The highest BCUT2D eigenvalue weighted by Crippen LogP contribution is 1.95. The van der Waals surface area contributed by atoms with Crippen molar-refractivity contribution in [3.8, 4) is 0 Å². The van der Waals surface area contributed by atoms with Gasteiger partial charge < -0.3 is 5.32 Å². The summed E-state index contributed by atoms with van der Waals surface area (Å²) in [6.07, 6.45) is 4.66. The molecule has 14 heavy (non-hydrogen) atoms. The van der Waals surface area contributed by atoms with Crippen LogP contribution in [0.5, 0.6) is 0 Å². The van der Waals surface area contributed by atoms with Gasteiger partial charge in [-0.05, 0) is 18.9 Å². The van der Waals surface area contributed by atoms with Crippen LogP contribution in [0.4, 0.5) is 0 Å². The Morgan fingerprint density at radius 3 is 3.07 bits per heavy atom. The van der Waals surface area contributed by atoms with Crippen LogP contribution in [0.2, 0.25) is 0 Å². The van der Waals surface area contributed by atoms with E-state index in [1.165, 1.54) is 0 Å². The molecular weight excluding hydrogens is 202 g/mol. The van der Waals surface area contributed by atoms with Gasteiger partial charge in [0.25, 0.3) is 0 Å². The van der Waals surface area contributed by atoms with Crippen molar-refractivity contribution in [1.82, 2.24) is 15.1 Å². The van der Waals surface area contributed by atoms with Gasteiger partial charge in [-0.25, -0.2) is 0 Å². The van der Waals surface area contributed by atoms with E-state index in [1.54, 1.807) is 0 Å². The second-order valence-corrected chi connectivity index (χ2v) is 3.39. The molecule has 0 aliphatic heterocycles. The van der Waals surface area contributed by atoms with Crippen molar-refractivity contribution < 1.29 is 4.79 Å². The number of aryl methyl sites for hydroxylation is 2. The Hall–Kier alpha value is -1.03. The highest BCUT2D eigenvalue weighted by molar-refractivity contribution is 6.27. The van der Waals surface area contributed by atoms with Gasteiger partial charge in [-0.15, -0.1) is 11.6 Å². The lowest BCUT2D eigenvalue weighted by atomic mass is 10.4. The monoisotopic (exact) mass is 215 g/mol. The first kappa shape index (κ1) is 11.0. The summed E-state index contributed by atoms with van der Waals surface area (Å²) in [4.78, 5) is 10.8. The molecule has 1 heterocycles. The zero-order valence-electron chi connectivity index (χ0n) is 8.16. The maximum Gasteiger partial charge on any atom is 0.234 e. The van der Waals surface area contributed by atoms with Gasteiger partial charge in [0.15, 0.2) is 0 Å². The minimum atomic E-state index is -0.122. The number of nitrogens with one attached hydrogen (secondary N) is 1. The van der Waals surface area contributed by atoms with Crippen LogP contribution in [0.1, 0.15) is 12.0 Å². The van der Waals surface area contributed by atoms with Crippen LogP contribution in [0.25, 0.3) is 0 Å². The third kappa shape index (κ3) is 3.79. The Morgan fingerprint density at radius 1 is 1.71 bits per heavy atom. The number of hydrogen-bond donors (Lipinski definition) is 1. The molecule has 0 aliphatic carbocycles. The first-order valence-corrected chi connectivity index (χ1v) is 5.07. The standard InChI is InChI=1S/C9H14ClN3O/c1-8-6-12-13(7-8)4-2-3-11-9(14)5-10/h6-7H,2-5H2,1H3,(H,11,14). The summed E-state index contributed by atoms with van der Waals surface area (Å²) < 4.78 is 1.86. The van der Waals surface area contributed by atoms with E-state index in [9.17, 15) is 4.79 Å². The highest BCUT2D eigenvalue weighted by Gasteiger charge is 1.97. The number of hydrogen-bond acceptors (Lipinski definition) is 2. The van der Waals surface area contributed by atoms with E-state index in [4.69, 9.17) is 11.6 Å². The Morgan fingerprint density at radius 2 is 2.50 bits per heavy atom. The van der Waals surface area contributed by atoms with Crippen molar-refractivity contribution in [3.63, 3.8) is 0 Å². The lowest BCUT2D eigenvalue weighted by Gasteiger charge is -2.02. The third-order valence-corrected chi connectivity index (χ3v) is 2.01. The molecule has 1 N–H and O–H groups in total. The number of carbonyl (C=O) groups is 1. The molecule has 0 bridgehead atoms. The fraction of sp³-hybridized carbons (Fsp3) is 0.556. The van der Waals surface area contributed by atoms with E-state index in [1.807, 2.05) is 24.0 Å². The Labute approximate surface area is 88.2 Å². The Kier molecular flexibility index (Phi) is 4.46. The molecule has 4 nitrogen and oxygen atoms in total. The first-order valence-electron chi connectivity index (χ1n) is 4.54. The predicted molar refractivity (Wildman–Crippen MR) is 55.3 cm³/mol. The average molecular weight is 216 g/mol. The van der Waals surface area contributed by atoms with Crippen LogP contribution in [0.15, 0.2) is 12.4 Å². The number of rotatable bonds is 5. The molecule has 1 aromatic rings. The third-order valence-electron chi connectivity index (χ3n) is 1.77. The minimum Gasteiger partial charge on any atom is -0.355 e. The van der Waals surface area contributed by atoms with E-state index in [2.05, 4.69) is 10.4 Å². The number of carbonyl (C=O) groups excluding carboxylic acids is 1. The largest absolute Gasteiger partial charge is 0.355 e. The van der Waals surface area contributed by atoms with Gasteiger partial charge in [0.05, 0.1) is 6.20 Å². The number of nitrogens with zero attached hydrogens (tertiary/aromatic N) is 2. The molecule has 0 aliphatic rings. The van der Waals surface area contributed by atoms with E-state index in [0.717, 1.165) is 18.5 Å². The van der Waals surface area contributed by atoms with Gasteiger partial charge in [0.2, 0.25) is 5.91 Å². The van der Waals surface area contributed by atoms with E-state index >= 15 is 0 Å². The second kappa shape index (κ2) is 5.65. The SMILES string of the molecule is Cc1cnn(CCCNC(=O)CCl)c1. The maximum atomic E-state index is 10.8. The Bertz CT molecular complexity index is 298. The molecule has 1 aromatic heterocycles. The van der Waals surface area contributed by atoms with Crippen molar-refractivity contribution in [3.05, 3.63) is 18.0 Å². The fourth-order valence-electron chi connectivity index (χ4n) is 1.11. The summed E-state index contributed by atoms with van der Waals surface area (Å²) in [6, 6.07) is 0. The summed E-state index contributed by atoms with van der Waals surface area (Å²) in [7, 11) is 0. The molecule has 0 spiro atoms. The van der Waals surface area contributed by atoms with Crippen molar-refractivity contribution in [2.24, 2.45) is 0 Å². The van der Waals surface area contributed by atoms with Crippen LogP contribution < -0.4 is 5.32 Å². The minimum absolute atomic E-state index is 0.0286. The number of halogens is 1. The maximum absolute atomic E-state index is 10.8. The lowest BCUT2D eigenvalue weighted by Crippen LogP contribution is -2.26. The topological polar surface area (TPSA) is 46.9 Å². The van der Waals surface area contributed by atoms with Crippen molar-refractivity contribution in [2.75, 3.05) is 12.4 Å². The van der Waals surface area contributed by atoms with Gasteiger partial charge in [-0.3, -0.25) is 9.48 Å². The normalized spacial score (nSPS) is 10.1. The molecule has 0 saturated heterocycles. The lowest BCUT2D eigenvalue weighted by molar-refractivity contribution is -0.118. The quantitative estimate of drug-likeness (QED) is 0.587. The molecule has 1 amide bonds. The fourth-order valence-corrected chi connectivity index (χ4v) is 1.20. The summed E-state index contributed by atoms with van der Waals surface area (Å²) >= 11 is 5.32. The summed E-state index contributed by atoms with van der Waals surface area (Å²) in [6.45, 7) is 3.46. The van der Waals surface area contributed by atoms with Crippen LogP contribution >= 0.6 is 11.6 Å². The smallest absolute Gasteiger partial charge is 0.234 e. The summed E-state index contributed by atoms with van der Waals surface area (Å²) in [5, 5.41) is 6.83. The average Bonchev–Trinajstić information content (AvgIpc) is 2.58. The molecule has 0 unspecified atom stereocenters. The molecule has 0 fully saturated rings. The predicted octanol–water partition coefficient (Wildman–Crippen LogP) is 0.937. The van der Waals surface area contributed by atoms with E-state index in [-0.39, 0.29) is 11.8 Å². The molecule has 0 atom stereocenters. The molecule has 78 valence electrons.